The minimum Gasteiger partial charge on any atom is -0.491 e. The summed E-state index contributed by atoms with van der Waals surface area (Å²) in [5, 5.41) is 4.14. The maximum atomic E-state index is 6.25. The van der Waals surface area contributed by atoms with Gasteiger partial charge in [0.05, 0.1) is 17.2 Å². The van der Waals surface area contributed by atoms with Crippen LogP contribution in [0, 0.1) is 0 Å². The number of hydrogen-bond acceptors (Lipinski definition) is 4. The van der Waals surface area contributed by atoms with Crippen LogP contribution < -0.4 is 10.1 Å². The Bertz CT molecular complexity index is 605. The zero-order chi connectivity index (χ0) is 14.5. The van der Waals surface area contributed by atoms with E-state index in [0.717, 1.165) is 18.5 Å². The van der Waals surface area contributed by atoms with E-state index in [1.165, 1.54) is 6.33 Å². The van der Waals surface area contributed by atoms with E-state index in [1.807, 2.05) is 12.1 Å². The van der Waals surface area contributed by atoms with Crippen molar-refractivity contribution in [2.75, 3.05) is 19.0 Å². The largest absolute Gasteiger partial charge is 0.491 e. The van der Waals surface area contributed by atoms with Crippen LogP contribution in [0.25, 0.3) is 11.3 Å². The Kier molecular flexibility index (Phi) is 5.04. The normalized spacial score (nSPS) is 10.4. The Labute approximate surface area is 128 Å². The van der Waals surface area contributed by atoms with E-state index in [4.69, 9.17) is 27.9 Å². The van der Waals surface area contributed by atoms with Crippen LogP contribution >= 0.6 is 23.2 Å². The van der Waals surface area contributed by atoms with Crippen molar-refractivity contribution in [2.45, 2.75) is 13.3 Å². The molecule has 0 aliphatic rings. The molecule has 0 atom stereocenters. The number of nitrogens with one attached hydrogen (secondary N) is 1. The molecule has 4 nitrogen and oxygen atoms in total. The van der Waals surface area contributed by atoms with Crippen molar-refractivity contribution < 1.29 is 4.74 Å². The average molecular weight is 312 g/mol. The van der Waals surface area contributed by atoms with Gasteiger partial charge in [-0.15, -0.1) is 0 Å². The van der Waals surface area contributed by atoms with Crippen molar-refractivity contribution in [3.8, 4) is 17.0 Å². The molecule has 1 aromatic carbocycles. The van der Waals surface area contributed by atoms with Gasteiger partial charge in [-0.05, 0) is 12.5 Å². The molecular weight excluding hydrogens is 297 g/mol. The SMILES string of the molecule is CCCNc1ncnc(-c2cccc(Cl)c2Cl)c1OC. The molecule has 1 aromatic heterocycles. The molecule has 0 aliphatic carbocycles. The third-order valence-electron chi connectivity index (χ3n) is 2.76. The first-order valence-electron chi connectivity index (χ1n) is 6.26. The third-order valence-corrected chi connectivity index (χ3v) is 3.58. The Morgan fingerprint density at radius 2 is 2.05 bits per heavy atom. The lowest BCUT2D eigenvalue weighted by atomic mass is 10.1. The van der Waals surface area contributed by atoms with Crippen molar-refractivity contribution in [2.24, 2.45) is 0 Å². The highest BCUT2D eigenvalue weighted by atomic mass is 35.5. The van der Waals surface area contributed by atoms with E-state index in [-0.39, 0.29) is 0 Å². The van der Waals surface area contributed by atoms with Crippen LogP contribution in [0.5, 0.6) is 5.75 Å². The number of benzene rings is 1. The zero-order valence-electron chi connectivity index (χ0n) is 11.3. The molecule has 0 unspecified atom stereocenters. The summed E-state index contributed by atoms with van der Waals surface area (Å²) in [5.41, 5.74) is 1.34. The maximum Gasteiger partial charge on any atom is 0.187 e. The molecule has 20 heavy (non-hydrogen) atoms. The zero-order valence-corrected chi connectivity index (χ0v) is 12.8. The standard InChI is InChI=1S/C14H15Cl2N3O/c1-3-7-17-14-13(20-2)12(18-8-19-14)9-5-4-6-10(15)11(9)16/h4-6,8H,3,7H2,1-2H3,(H,17,18,19). The van der Waals surface area contributed by atoms with Crippen molar-refractivity contribution in [3.05, 3.63) is 34.6 Å². The van der Waals surface area contributed by atoms with Gasteiger partial charge in [-0.3, -0.25) is 0 Å². The van der Waals surface area contributed by atoms with Crippen molar-refractivity contribution in [1.82, 2.24) is 9.97 Å². The Hall–Kier alpha value is -1.52. The summed E-state index contributed by atoms with van der Waals surface area (Å²) in [6.45, 7) is 2.88. The van der Waals surface area contributed by atoms with E-state index in [0.29, 0.717) is 27.3 Å². The summed E-state index contributed by atoms with van der Waals surface area (Å²) in [7, 11) is 1.58. The molecule has 1 N–H and O–H groups in total. The fourth-order valence-corrected chi connectivity index (χ4v) is 2.20. The van der Waals surface area contributed by atoms with Gasteiger partial charge in [-0.25, -0.2) is 9.97 Å². The molecule has 0 saturated heterocycles. The first-order chi connectivity index (χ1) is 9.69. The molecular formula is C14H15Cl2N3O. The van der Waals surface area contributed by atoms with Crippen LogP contribution in [-0.2, 0) is 0 Å². The number of anilines is 1. The second-order valence-electron chi connectivity index (χ2n) is 4.13. The van der Waals surface area contributed by atoms with Crippen LogP contribution in [0.15, 0.2) is 24.5 Å². The fourth-order valence-electron chi connectivity index (χ4n) is 1.81. The third kappa shape index (κ3) is 2.97. The van der Waals surface area contributed by atoms with E-state index in [1.54, 1.807) is 13.2 Å². The molecule has 6 heteroatoms. The van der Waals surface area contributed by atoms with E-state index in [2.05, 4.69) is 22.2 Å². The van der Waals surface area contributed by atoms with Crippen LogP contribution in [0.4, 0.5) is 5.82 Å². The highest BCUT2D eigenvalue weighted by molar-refractivity contribution is 6.43. The van der Waals surface area contributed by atoms with Crippen molar-refractivity contribution in [3.63, 3.8) is 0 Å². The van der Waals surface area contributed by atoms with Gasteiger partial charge in [0.15, 0.2) is 11.6 Å². The highest BCUT2D eigenvalue weighted by Crippen LogP contribution is 2.39. The summed E-state index contributed by atoms with van der Waals surface area (Å²) in [4.78, 5) is 8.47. The minimum atomic E-state index is 0.451. The predicted molar refractivity (Wildman–Crippen MR) is 82.8 cm³/mol. The number of aromatic nitrogens is 2. The maximum absolute atomic E-state index is 6.25. The van der Waals surface area contributed by atoms with Gasteiger partial charge in [0.2, 0.25) is 0 Å². The van der Waals surface area contributed by atoms with Crippen LogP contribution in [-0.4, -0.2) is 23.6 Å². The molecule has 0 bridgehead atoms. The molecule has 2 rings (SSSR count). The van der Waals surface area contributed by atoms with Gasteiger partial charge in [0.1, 0.15) is 12.0 Å². The summed E-state index contributed by atoms with van der Waals surface area (Å²) in [6.07, 6.45) is 2.47. The van der Waals surface area contributed by atoms with E-state index in [9.17, 15) is 0 Å². The van der Waals surface area contributed by atoms with Crippen LogP contribution in [0.1, 0.15) is 13.3 Å². The van der Waals surface area contributed by atoms with Gasteiger partial charge in [-0.2, -0.15) is 0 Å². The number of rotatable bonds is 5. The molecule has 0 fully saturated rings. The number of hydrogen-bond donors (Lipinski definition) is 1. The quantitative estimate of drug-likeness (QED) is 0.895. The Morgan fingerprint density at radius 1 is 1.25 bits per heavy atom. The lowest BCUT2D eigenvalue weighted by Gasteiger charge is -2.13. The lowest BCUT2D eigenvalue weighted by Crippen LogP contribution is -2.06. The molecule has 0 radical (unpaired) electrons. The molecule has 0 amide bonds. The fraction of sp³-hybridized carbons (Fsp3) is 0.286. The monoisotopic (exact) mass is 311 g/mol. The average Bonchev–Trinajstić information content (AvgIpc) is 2.47. The van der Waals surface area contributed by atoms with Gasteiger partial charge in [0, 0.05) is 12.1 Å². The van der Waals surface area contributed by atoms with Crippen LogP contribution in [0.3, 0.4) is 0 Å². The van der Waals surface area contributed by atoms with Crippen molar-refractivity contribution in [1.29, 1.82) is 0 Å². The Balaban J connectivity index is 2.53. The summed E-state index contributed by atoms with van der Waals surface area (Å²) in [5.74, 6) is 1.21. The summed E-state index contributed by atoms with van der Waals surface area (Å²) < 4.78 is 5.43. The molecule has 106 valence electrons. The predicted octanol–water partition coefficient (Wildman–Crippen LogP) is 4.28. The summed E-state index contributed by atoms with van der Waals surface area (Å²) >= 11 is 12.3. The first kappa shape index (κ1) is 14.9. The minimum absolute atomic E-state index is 0.451. The molecule has 0 aliphatic heterocycles. The van der Waals surface area contributed by atoms with Gasteiger partial charge < -0.3 is 10.1 Å². The van der Waals surface area contributed by atoms with E-state index < -0.39 is 0 Å². The van der Waals surface area contributed by atoms with Gasteiger partial charge in [0.25, 0.3) is 0 Å². The van der Waals surface area contributed by atoms with Gasteiger partial charge >= 0.3 is 0 Å². The van der Waals surface area contributed by atoms with Gasteiger partial charge in [-0.1, -0.05) is 42.3 Å². The molecule has 1 heterocycles. The second kappa shape index (κ2) is 6.77. The smallest absolute Gasteiger partial charge is 0.187 e. The molecule has 2 aromatic rings. The summed E-state index contributed by atoms with van der Waals surface area (Å²) in [6, 6.07) is 5.41. The number of halogens is 2. The number of methoxy groups -OCH3 is 1. The lowest BCUT2D eigenvalue weighted by molar-refractivity contribution is 0.414. The van der Waals surface area contributed by atoms with Crippen LogP contribution in [0.2, 0.25) is 10.0 Å². The van der Waals surface area contributed by atoms with E-state index >= 15 is 0 Å². The topological polar surface area (TPSA) is 47.0 Å². The van der Waals surface area contributed by atoms with Crippen molar-refractivity contribution >= 4 is 29.0 Å². The molecule has 0 spiro atoms. The second-order valence-corrected chi connectivity index (χ2v) is 4.92. The highest BCUT2D eigenvalue weighted by Gasteiger charge is 2.17. The number of nitrogens with zero attached hydrogens (tertiary/aromatic N) is 2. The Morgan fingerprint density at radius 3 is 2.75 bits per heavy atom. The number of ether oxygens (including phenoxy) is 1. The first-order valence-corrected chi connectivity index (χ1v) is 7.01. The molecule has 0 saturated carbocycles.